The zero-order valence-corrected chi connectivity index (χ0v) is 14.2. The maximum atomic E-state index is 12.2. The fourth-order valence-electron chi connectivity index (χ4n) is 1.98. The van der Waals surface area contributed by atoms with Crippen molar-refractivity contribution in [2.75, 3.05) is 6.61 Å². The Bertz CT molecular complexity index is 496. The molecule has 3 atom stereocenters. The van der Waals surface area contributed by atoms with Gasteiger partial charge in [0.05, 0.1) is 4.47 Å². The molecule has 0 bridgehead atoms. The van der Waals surface area contributed by atoms with Gasteiger partial charge >= 0.3 is 6.36 Å². The summed E-state index contributed by atoms with van der Waals surface area (Å²) in [5, 5.41) is 0. The quantitative estimate of drug-likeness (QED) is 0.631. The molecule has 0 aromatic heterocycles. The van der Waals surface area contributed by atoms with E-state index in [1.54, 1.807) is 0 Å². The van der Waals surface area contributed by atoms with Crippen LogP contribution in [0, 0.1) is 0 Å². The van der Waals surface area contributed by atoms with Gasteiger partial charge in [-0.15, -0.1) is 13.2 Å². The van der Waals surface area contributed by atoms with Crippen molar-refractivity contribution in [1.29, 1.82) is 0 Å². The van der Waals surface area contributed by atoms with E-state index in [2.05, 4.69) is 36.6 Å². The largest absolute Gasteiger partial charge is 0.573 e. The molecule has 1 aromatic carbocycles. The van der Waals surface area contributed by atoms with E-state index >= 15 is 0 Å². The molecule has 1 aromatic rings. The van der Waals surface area contributed by atoms with Gasteiger partial charge in [-0.05, 0) is 41.1 Å². The second-order valence-corrected chi connectivity index (χ2v) is 6.50. The van der Waals surface area contributed by atoms with Gasteiger partial charge in [0.1, 0.15) is 23.7 Å². The minimum absolute atomic E-state index is 0.0557. The predicted molar refractivity (Wildman–Crippen MR) is 78.0 cm³/mol. The molecule has 21 heavy (non-hydrogen) atoms. The van der Waals surface area contributed by atoms with Gasteiger partial charge in [-0.25, -0.2) is 0 Å². The first kappa shape index (κ1) is 16.9. The first-order valence-electron chi connectivity index (χ1n) is 6.27. The number of rotatable bonds is 5. The Kier molecular flexibility index (Phi) is 5.43. The SMILES string of the molecule is CCOC1C(Br)CC1Oc1ccc(OC(F)(F)F)c(Br)c1. The van der Waals surface area contributed by atoms with Crippen LogP contribution in [0.5, 0.6) is 11.5 Å². The summed E-state index contributed by atoms with van der Waals surface area (Å²) in [6, 6.07) is 4.11. The molecule has 1 aliphatic rings. The molecule has 1 fully saturated rings. The molecule has 0 spiro atoms. The summed E-state index contributed by atoms with van der Waals surface area (Å²) in [5.74, 6) is 0.161. The topological polar surface area (TPSA) is 27.7 Å². The van der Waals surface area contributed by atoms with Crippen molar-refractivity contribution in [1.82, 2.24) is 0 Å². The minimum atomic E-state index is -4.72. The fourth-order valence-corrected chi connectivity index (χ4v) is 3.28. The Morgan fingerprint density at radius 3 is 2.57 bits per heavy atom. The van der Waals surface area contributed by atoms with Gasteiger partial charge in [0, 0.05) is 17.9 Å². The summed E-state index contributed by atoms with van der Waals surface area (Å²) in [6.07, 6.45) is -4.11. The van der Waals surface area contributed by atoms with Crippen molar-refractivity contribution in [2.45, 2.75) is 36.7 Å². The first-order chi connectivity index (χ1) is 9.80. The van der Waals surface area contributed by atoms with Crippen molar-refractivity contribution in [2.24, 2.45) is 0 Å². The van der Waals surface area contributed by atoms with Gasteiger partial charge < -0.3 is 14.2 Å². The molecule has 0 N–H and O–H groups in total. The maximum Gasteiger partial charge on any atom is 0.573 e. The normalized spacial score (nSPS) is 25.3. The molecule has 2 rings (SSSR count). The smallest absolute Gasteiger partial charge is 0.488 e. The van der Waals surface area contributed by atoms with Crippen LogP contribution >= 0.6 is 31.9 Å². The predicted octanol–water partition coefficient (Wildman–Crippen LogP) is 4.67. The molecule has 3 unspecified atom stereocenters. The molecule has 118 valence electrons. The monoisotopic (exact) mass is 432 g/mol. The average Bonchev–Trinajstić information content (AvgIpc) is 2.37. The van der Waals surface area contributed by atoms with Crippen LogP contribution in [0.15, 0.2) is 22.7 Å². The zero-order chi connectivity index (χ0) is 15.6. The van der Waals surface area contributed by atoms with E-state index in [-0.39, 0.29) is 27.3 Å². The van der Waals surface area contributed by atoms with Crippen LogP contribution in [0.25, 0.3) is 0 Å². The van der Waals surface area contributed by atoms with E-state index in [0.29, 0.717) is 12.4 Å². The third kappa shape index (κ3) is 4.50. The Balaban J connectivity index is 2.01. The molecule has 3 nitrogen and oxygen atoms in total. The van der Waals surface area contributed by atoms with Crippen LogP contribution in [0.4, 0.5) is 13.2 Å². The summed E-state index contributed by atoms with van der Waals surface area (Å²) >= 11 is 6.52. The molecular formula is C13H13Br2F3O3. The Morgan fingerprint density at radius 1 is 1.33 bits per heavy atom. The van der Waals surface area contributed by atoms with Crippen molar-refractivity contribution >= 4 is 31.9 Å². The van der Waals surface area contributed by atoms with Crippen LogP contribution in [-0.2, 0) is 4.74 Å². The van der Waals surface area contributed by atoms with Crippen LogP contribution < -0.4 is 9.47 Å². The second kappa shape index (κ2) is 6.75. The molecule has 0 amide bonds. The molecule has 0 saturated heterocycles. The highest BCUT2D eigenvalue weighted by Crippen LogP contribution is 2.37. The van der Waals surface area contributed by atoms with Crippen LogP contribution in [0.2, 0.25) is 0 Å². The van der Waals surface area contributed by atoms with E-state index in [4.69, 9.17) is 9.47 Å². The summed E-state index contributed by atoms with van der Waals surface area (Å²) < 4.78 is 51.9. The lowest BCUT2D eigenvalue weighted by Gasteiger charge is -2.40. The third-order valence-corrected chi connectivity index (χ3v) is 4.47. The third-order valence-electron chi connectivity index (χ3n) is 2.96. The first-order valence-corrected chi connectivity index (χ1v) is 7.98. The van der Waals surface area contributed by atoms with E-state index in [1.165, 1.54) is 18.2 Å². The van der Waals surface area contributed by atoms with E-state index in [0.717, 1.165) is 6.42 Å². The van der Waals surface area contributed by atoms with Gasteiger partial charge in [-0.3, -0.25) is 0 Å². The lowest BCUT2D eigenvalue weighted by Crippen LogP contribution is -2.52. The Labute approximate surface area is 137 Å². The minimum Gasteiger partial charge on any atom is -0.488 e. The number of hydrogen-bond acceptors (Lipinski definition) is 3. The van der Waals surface area contributed by atoms with Crippen molar-refractivity contribution in [3.63, 3.8) is 0 Å². The van der Waals surface area contributed by atoms with Crippen LogP contribution in [-0.4, -0.2) is 30.0 Å². The molecule has 1 saturated carbocycles. The molecule has 0 radical (unpaired) electrons. The summed E-state index contributed by atoms with van der Waals surface area (Å²) in [5.41, 5.74) is 0. The van der Waals surface area contributed by atoms with E-state index in [1.807, 2.05) is 6.92 Å². The highest BCUT2D eigenvalue weighted by Gasteiger charge is 2.42. The van der Waals surface area contributed by atoms with E-state index < -0.39 is 6.36 Å². The van der Waals surface area contributed by atoms with Crippen molar-refractivity contribution in [3.05, 3.63) is 22.7 Å². The molecule has 0 aliphatic heterocycles. The molecule has 1 aliphatic carbocycles. The summed E-state index contributed by atoms with van der Waals surface area (Å²) in [7, 11) is 0. The molecule has 8 heteroatoms. The van der Waals surface area contributed by atoms with Crippen molar-refractivity contribution in [3.8, 4) is 11.5 Å². The molecule has 0 heterocycles. The van der Waals surface area contributed by atoms with E-state index in [9.17, 15) is 13.2 Å². The average molecular weight is 434 g/mol. The highest BCUT2D eigenvalue weighted by atomic mass is 79.9. The maximum absolute atomic E-state index is 12.2. The van der Waals surface area contributed by atoms with Crippen molar-refractivity contribution < 1.29 is 27.4 Å². The molecular weight excluding hydrogens is 421 g/mol. The second-order valence-electron chi connectivity index (χ2n) is 4.47. The fraction of sp³-hybridized carbons (Fsp3) is 0.538. The lowest BCUT2D eigenvalue weighted by atomic mass is 9.91. The lowest BCUT2D eigenvalue weighted by molar-refractivity contribution is -0.274. The standard InChI is InChI=1S/C13H13Br2F3O3/c1-2-19-12-9(15)6-11(12)20-7-3-4-10(8(14)5-7)21-13(16,17)18/h3-5,9,11-12H,2,6H2,1H3. The Hall–Kier alpha value is -0.470. The van der Waals surface area contributed by atoms with Gasteiger partial charge in [0.25, 0.3) is 0 Å². The number of hydrogen-bond donors (Lipinski definition) is 0. The number of alkyl halides is 4. The van der Waals surface area contributed by atoms with Crippen LogP contribution in [0.3, 0.4) is 0 Å². The number of benzene rings is 1. The number of halogens is 5. The number of ether oxygens (including phenoxy) is 3. The summed E-state index contributed by atoms with van der Waals surface area (Å²) in [4.78, 5) is 0.235. The van der Waals surface area contributed by atoms with Gasteiger partial charge in [-0.1, -0.05) is 15.9 Å². The van der Waals surface area contributed by atoms with Gasteiger partial charge in [-0.2, -0.15) is 0 Å². The highest BCUT2D eigenvalue weighted by molar-refractivity contribution is 9.10. The zero-order valence-electron chi connectivity index (χ0n) is 11.0. The van der Waals surface area contributed by atoms with Gasteiger partial charge in [0.2, 0.25) is 0 Å². The van der Waals surface area contributed by atoms with Crippen LogP contribution in [0.1, 0.15) is 13.3 Å². The Morgan fingerprint density at radius 2 is 2.05 bits per heavy atom. The van der Waals surface area contributed by atoms with Gasteiger partial charge in [0.15, 0.2) is 0 Å². The summed E-state index contributed by atoms with van der Waals surface area (Å²) in [6.45, 7) is 2.48.